The number of urea groups is 1. The summed E-state index contributed by atoms with van der Waals surface area (Å²) in [5, 5.41) is 4.31. The van der Waals surface area contributed by atoms with Crippen LogP contribution in [0.5, 0.6) is 5.75 Å². The minimum absolute atomic E-state index is 0.103. The summed E-state index contributed by atoms with van der Waals surface area (Å²) < 4.78 is 5.34. The zero-order valence-electron chi connectivity index (χ0n) is 17.7. The van der Waals surface area contributed by atoms with Gasteiger partial charge in [-0.2, -0.15) is 0 Å². The topological polar surface area (TPSA) is 57.4 Å². The first kappa shape index (κ1) is 19.2. The van der Waals surface area contributed by atoms with Crippen molar-refractivity contribution in [2.75, 3.05) is 19.0 Å². The van der Waals surface area contributed by atoms with Crippen molar-refractivity contribution in [2.24, 2.45) is 0 Å². The molecular formula is C26H25N3O2. The molecule has 0 saturated heterocycles. The Hall–Kier alpha value is -3.73. The van der Waals surface area contributed by atoms with Crippen LogP contribution in [0.1, 0.15) is 28.4 Å². The molecule has 0 spiro atoms. The van der Waals surface area contributed by atoms with Gasteiger partial charge in [0.2, 0.25) is 0 Å². The lowest BCUT2D eigenvalue weighted by atomic mass is 9.92. The second-order valence-corrected chi connectivity index (χ2v) is 7.98. The molecule has 1 atom stereocenters. The van der Waals surface area contributed by atoms with Crippen LogP contribution in [-0.2, 0) is 6.42 Å². The summed E-state index contributed by atoms with van der Waals surface area (Å²) in [6.07, 6.45) is 0.813. The van der Waals surface area contributed by atoms with Crippen molar-refractivity contribution in [1.82, 2.24) is 9.88 Å². The molecule has 2 heterocycles. The fourth-order valence-corrected chi connectivity index (χ4v) is 4.42. The molecule has 0 saturated carbocycles. The number of hydrogen-bond acceptors (Lipinski definition) is 2. The molecule has 1 aliphatic rings. The SMILES string of the molecule is COc1ccc([C@@H]2c3[nH]c4ccccc4c3CCN2C(=O)Nc2ccc(C)cc2)cc1. The lowest BCUT2D eigenvalue weighted by Gasteiger charge is -2.36. The van der Waals surface area contributed by atoms with Gasteiger partial charge in [-0.25, -0.2) is 4.79 Å². The highest BCUT2D eigenvalue weighted by Gasteiger charge is 2.34. The van der Waals surface area contributed by atoms with Gasteiger partial charge in [-0.05, 0) is 54.8 Å². The van der Waals surface area contributed by atoms with Gasteiger partial charge in [-0.3, -0.25) is 0 Å². The Kier molecular flexibility index (Phi) is 4.86. The maximum Gasteiger partial charge on any atom is 0.322 e. The molecule has 5 rings (SSSR count). The van der Waals surface area contributed by atoms with E-state index in [0.29, 0.717) is 6.54 Å². The number of amides is 2. The van der Waals surface area contributed by atoms with Gasteiger partial charge in [-0.1, -0.05) is 48.0 Å². The molecule has 0 aliphatic carbocycles. The molecule has 0 fully saturated rings. The van der Waals surface area contributed by atoms with Gasteiger partial charge in [0.1, 0.15) is 5.75 Å². The number of nitrogens with zero attached hydrogens (tertiary/aromatic N) is 1. The van der Waals surface area contributed by atoms with Crippen molar-refractivity contribution in [3.05, 3.63) is 95.2 Å². The predicted molar refractivity (Wildman–Crippen MR) is 124 cm³/mol. The van der Waals surface area contributed by atoms with E-state index < -0.39 is 0 Å². The van der Waals surface area contributed by atoms with E-state index in [0.717, 1.165) is 40.2 Å². The lowest BCUT2D eigenvalue weighted by molar-refractivity contribution is 0.193. The van der Waals surface area contributed by atoms with Crippen LogP contribution >= 0.6 is 0 Å². The Morgan fingerprint density at radius 2 is 1.77 bits per heavy atom. The van der Waals surface area contributed by atoms with E-state index in [4.69, 9.17) is 4.74 Å². The normalized spacial score (nSPS) is 15.5. The summed E-state index contributed by atoms with van der Waals surface area (Å²) in [6, 6.07) is 23.9. The Morgan fingerprint density at radius 1 is 1.03 bits per heavy atom. The number of ether oxygens (including phenoxy) is 1. The third-order valence-corrected chi connectivity index (χ3v) is 6.03. The minimum Gasteiger partial charge on any atom is -0.497 e. The molecular weight excluding hydrogens is 386 g/mol. The molecule has 4 aromatic rings. The number of carbonyl (C=O) groups excluding carboxylic acids is 1. The average molecular weight is 412 g/mol. The number of methoxy groups -OCH3 is 1. The van der Waals surface area contributed by atoms with E-state index in [2.05, 4.69) is 28.5 Å². The Balaban J connectivity index is 1.56. The third kappa shape index (κ3) is 3.52. The Bertz CT molecular complexity index is 1230. The van der Waals surface area contributed by atoms with Crippen LogP contribution in [0, 0.1) is 6.92 Å². The van der Waals surface area contributed by atoms with Gasteiger partial charge in [0, 0.05) is 28.8 Å². The number of aromatic amines is 1. The summed E-state index contributed by atoms with van der Waals surface area (Å²) >= 11 is 0. The van der Waals surface area contributed by atoms with Crippen molar-refractivity contribution >= 4 is 22.6 Å². The van der Waals surface area contributed by atoms with Crippen molar-refractivity contribution in [1.29, 1.82) is 0 Å². The van der Waals surface area contributed by atoms with Gasteiger partial charge in [0.25, 0.3) is 0 Å². The highest BCUT2D eigenvalue weighted by molar-refractivity contribution is 5.91. The fraction of sp³-hybridized carbons (Fsp3) is 0.192. The van der Waals surface area contributed by atoms with Crippen molar-refractivity contribution in [3.8, 4) is 5.75 Å². The summed E-state index contributed by atoms with van der Waals surface area (Å²) in [5.74, 6) is 0.798. The molecule has 0 radical (unpaired) electrons. The number of benzene rings is 3. The molecule has 31 heavy (non-hydrogen) atoms. The van der Waals surface area contributed by atoms with Crippen molar-refractivity contribution < 1.29 is 9.53 Å². The van der Waals surface area contributed by atoms with Crippen LogP contribution in [0.4, 0.5) is 10.5 Å². The van der Waals surface area contributed by atoms with E-state index in [-0.39, 0.29) is 12.1 Å². The molecule has 1 aromatic heterocycles. The number of nitrogens with one attached hydrogen (secondary N) is 2. The number of carbonyl (C=O) groups is 1. The molecule has 5 nitrogen and oxygen atoms in total. The molecule has 1 aliphatic heterocycles. The van der Waals surface area contributed by atoms with Crippen LogP contribution in [0.15, 0.2) is 72.8 Å². The van der Waals surface area contributed by atoms with E-state index in [1.165, 1.54) is 10.9 Å². The zero-order chi connectivity index (χ0) is 21.4. The van der Waals surface area contributed by atoms with Gasteiger partial charge in [-0.15, -0.1) is 0 Å². The number of para-hydroxylation sites is 1. The molecule has 5 heteroatoms. The predicted octanol–water partition coefficient (Wildman–Crippen LogP) is 5.66. The molecule has 0 unspecified atom stereocenters. The quantitative estimate of drug-likeness (QED) is 0.457. The highest BCUT2D eigenvalue weighted by atomic mass is 16.5. The largest absolute Gasteiger partial charge is 0.497 e. The maximum atomic E-state index is 13.4. The average Bonchev–Trinajstić information content (AvgIpc) is 3.19. The number of hydrogen-bond donors (Lipinski definition) is 2. The monoisotopic (exact) mass is 411 g/mol. The van der Waals surface area contributed by atoms with Crippen LogP contribution < -0.4 is 10.1 Å². The molecule has 2 N–H and O–H groups in total. The van der Waals surface area contributed by atoms with E-state index >= 15 is 0 Å². The lowest BCUT2D eigenvalue weighted by Crippen LogP contribution is -2.43. The van der Waals surface area contributed by atoms with Crippen LogP contribution in [0.25, 0.3) is 10.9 Å². The zero-order valence-corrected chi connectivity index (χ0v) is 17.7. The van der Waals surface area contributed by atoms with Gasteiger partial charge >= 0.3 is 6.03 Å². The number of rotatable bonds is 3. The standard InChI is InChI=1S/C26H25N3O2/c1-17-7-11-19(12-8-17)27-26(30)29-16-15-22-21-5-3-4-6-23(21)28-24(22)25(29)18-9-13-20(31-2)14-10-18/h3-14,25,28H,15-16H2,1-2H3,(H,27,30)/t25-/m1/s1. The second-order valence-electron chi connectivity index (χ2n) is 7.98. The van der Waals surface area contributed by atoms with E-state index in [1.54, 1.807) is 7.11 Å². The first-order valence-electron chi connectivity index (χ1n) is 10.5. The molecule has 0 bridgehead atoms. The number of fused-ring (bicyclic) bond motifs is 3. The minimum atomic E-state index is -0.201. The van der Waals surface area contributed by atoms with Gasteiger partial charge in [0.15, 0.2) is 0 Å². The summed E-state index contributed by atoms with van der Waals surface area (Å²) in [5.41, 5.74) is 6.48. The number of aryl methyl sites for hydroxylation is 1. The number of anilines is 1. The van der Waals surface area contributed by atoms with Crippen molar-refractivity contribution in [3.63, 3.8) is 0 Å². The summed E-state index contributed by atoms with van der Waals surface area (Å²) in [7, 11) is 1.66. The smallest absolute Gasteiger partial charge is 0.322 e. The van der Waals surface area contributed by atoms with E-state index in [1.807, 2.05) is 66.4 Å². The van der Waals surface area contributed by atoms with Crippen LogP contribution in [0.2, 0.25) is 0 Å². The van der Waals surface area contributed by atoms with Gasteiger partial charge in [0.05, 0.1) is 13.2 Å². The highest BCUT2D eigenvalue weighted by Crippen LogP contribution is 2.39. The third-order valence-electron chi connectivity index (χ3n) is 6.03. The Labute approximate surface area is 181 Å². The number of aromatic nitrogens is 1. The number of H-pyrrole nitrogens is 1. The summed E-state index contributed by atoms with van der Waals surface area (Å²) in [6.45, 7) is 2.68. The van der Waals surface area contributed by atoms with Gasteiger partial charge < -0.3 is 19.9 Å². The van der Waals surface area contributed by atoms with Crippen molar-refractivity contribution in [2.45, 2.75) is 19.4 Å². The maximum absolute atomic E-state index is 13.4. The summed E-state index contributed by atoms with van der Waals surface area (Å²) in [4.78, 5) is 18.9. The second kappa shape index (κ2) is 7.84. The fourth-order valence-electron chi connectivity index (χ4n) is 4.42. The Morgan fingerprint density at radius 3 is 2.52 bits per heavy atom. The van der Waals surface area contributed by atoms with Crippen LogP contribution in [-0.4, -0.2) is 29.6 Å². The molecule has 3 aromatic carbocycles. The van der Waals surface area contributed by atoms with E-state index in [9.17, 15) is 4.79 Å². The molecule has 156 valence electrons. The first-order valence-corrected chi connectivity index (χ1v) is 10.5. The first-order chi connectivity index (χ1) is 15.1. The molecule has 2 amide bonds. The van der Waals surface area contributed by atoms with Crippen LogP contribution in [0.3, 0.4) is 0 Å².